The van der Waals surface area contributed by atoms with Crippen LogP contribution in [0.5, 0.6) is 5.75 Å². The molecular formula is C23H33FN4O2. The summed E-state index contributed by atoms with van der Waals surface area (Å²) in [5.41, 5.74) is 3.85. The van der Waals surface area contributed by atoms with Crippen molar-refractivity contribution < 1.29 is 13.9 Å². The molecule has 30 heavy (non-hydrogen) atoms. The fraction of sp³-hybridized carbons (Fsp3) is 0.435. The van der Waals surface area contributed by atoms with Crippen LogP contribution < -0.4 is 15.4 Å². The molecule has 0 atom stereocenters. The largest absolute Gasteiger partial charge is 0.491 e. The van der Waals surface area contributed by atoms with Crippen LogP contribution in [-0.2, 0) is 24.4 Å². The van der Waals surface area contributed by atoms with Crippen LogP contribution in [0.25, 0.3) is 0 Å². The summed E-state index contributed by atoms with van der Waals surface area (Å²) >= 11 is 0. The van der Waals surface area contributed by atoms with Gasteiger partial charge in [0.2, 0.25) is 0 Å². The molecule has 2 aromatic rings. The van der Waals surface area contributed by atoms with Crippen LogP contribution in [-0.4, -0.2) is 52.3 Å². The number of halogens is 1. The van der Waals surface area contributed by atoms with E-state index in [2.05, 4.69) is 21.7 Å². The Bertz CT molecular complexity index is 840. The summed E-state index contributed by atoms with van der Waals surface area (Å²) in [7, 11) is 7.23. The van der Waals surface area contributed by atoms with Gasteiger partial charge in [-0.05, 0) is 50.3 Å². The molecule has 0 saturated heterocycles. The van der Waals surface area contributed by atoms with E-state index >= 15 is 0 Å². The fourth-order valence-electron chi connectivity index (χ4n) is 2.96. The summed E-state index contributed by atoms with van der Waals surface area (Å²) < 4.78 is 24.9. The summed E-state index contributed by atoms with van der Waals surface area (Å²) in [6, 6.07) is 11.3. The first-order chi connectivity index (χ1) is 14.4. The van der Waals surface area contributed by atoms with Crippen LogP contribution in [0, 0.1) is 12.7 Å². The minimum Gasteiger partial charge on any atom is -0.491 e. The zero-order chi connectivity index (χ0) is 21.9. The highest BCUT2D eigenvalue weighted by molar-refractivity contribution is 5.79. The number of ether oxygens (including phenoxy) is 2. The van der Waals surface area contributed by atoms with Crippen molar-refractivity contribution >= 4 is 5.96 Å². The normalized spacial score (nSPS) is 11.6. The predicted octanol–water partition coefficient (Wildman–Crippen LogP) is 3.09. The first kappa shape index (κ1) is 23.6. The Balaban J connectivity index is 1.96. The average molecular weight is 417 g/mol. The first-order valence-electron chi connectivity index (χ1n) is 10.0. The fourth-order valence-corrected chi connectivity index (χ4v) is 2.96. The monoisotopic (exact) mass is 416 g/mol. The molecule has 0 heterocycles. The van der Waals surface area contributed by atoms with E-state index in [1.165, 1.54) is 6.07 Å². The summed E-state index contributed by atoms with van der Waals surface area (Å²) in [6.07, 6.45) is 0. The zero-order valence-electron chi connectivity index (χ0n) is 18.6. The Morgan fingerprint density at radius 2 is 1.80 bits per heavy atom. The number of hydrogen-bond acceptors (Lipinski definition) is 4. The molecular weight excluding hydrogens is 383 g/mol. The van der Waals surface area contributed by atoms with Crippen LogP contribution in [0.4, 0.5) is 4.39 Å². The van der Waals surface area contributed by atoms with E-state index < -0.39 is 0 Å². The summed E-state index contributed by atoms with van der Waals surface area (Å²) in [5, 5.41) is 6.59. The summed E-state index contributed by atoms with van der Waals surface area (Å²) in [4.78, 5) is 6.23. The van der Waals surface area contributed by atoms with E-state index in [0.29, 0.717) is 44.4 Å². The van der Waals surface area contributed by atoms with E-state index in [4.69, 9.17) is 9.47 Å². The van der Waals surface area contributed by atoms with Gasteiger partial charge in [0.25, 0.3) is 0 Å². The molecule has 0 fully saturated rings. The number of nitrogens with one attached hydrogen (secondary N) is 2. The van der Waals surface area contributed by atoms with E-state index in [0.717, 1.165) is 22.4 Å². The summed E-state index contributed by atoms with van der Waals surface area (Å²) in [6.45, 7) is 4.75. The van der Waals surface area contributed by atoms with Gasteiger partial charge in [0.1, 0.15) is 18.2 Å². The van der Waals surface area contributed by atoms with Crippen molar-refractivity contribution in [2.75, 3.05) is 41.5 Å². The van der Waals surface area contributed by atoms with E-state index in [1.54, 1.807) is 20.2 Å². The van der Waals surface area contributed by atoms with Gasteiger partial charge in [-0.3, -0.25) is 4.99 Å². The second-order valence-corrected chi connectivity index (χ2v) is 7.40. The van der Waals surface area contributed by atoms with Crippen molar-refractivity contribution in [3.63, 3.8) is 0 Å². The molecule has 0 unspecified atom stereocenters. The second kappa shape index (κ2) is 12.1. The third-order valence-electron chi connectivity index (χ3n) is 4.49. The number of rotatable bonds is 10. The molecule has 0 aromatic heterocycles. The lowest BCUT2D eigenvalue weighted by atomic mass is 10.1. The molecule has 0 radical (unpaired) electrons. The SMILES string of the molecule is CN=C(NCc1ccc(F)c(CN(C)C)c1)NCc1ccc(C)cc1OCCOC. The van der Waals surface area contributed by atoms with Gasteiger partial charge in [0, 0.05) is 44.9 Å². The molecule has 0 spiro atoms. The van der Waals surface area contributed by atoms with Gasteiger partial charge >= 0.3 is 0 Å². The number of aliphatic imine (C=N–C) groups is 1. The standard InChI is InChI=1S/C23H33FN4O2/c1-17-6-8-19(22(12-17)30-11-10-29-5)15-27-23(25-2)26-14-18-7-9-21(24)20(13-18)16-28(3)4/h6-9,12-13H,10-11,14-16H2,1-5H3,(H2,25,26,27). The maximum Gasteiger partial charge on any atom is 0.191 e. The first-order valence-corrected chi connectivity index (χ1v) is 10.0. The van der Waals surface area contributed by atoms with Crippen molar-refractivity contribution in [1.29, 1.82) is 0 Å². The number of guanidine groups is 1. The van der Waals surface area contributed by atoms with E-state index in [9.17, 15) is 4.39 Å². The lowest BCUT2D eigenvalue weighted by Crippen LogP contribution is -2.36. The van der Waals surface area contributed by atoms with E-state index in [-0.39, 0.29) is 5.82 Å². The molecule has 0 amide bonds. The van der Waals surface area contributed by atoms with Crippen LogP contribution >= 0.6 is 0 Å². The van der Waals surface area contributed by atoms with Crippen molar-refractivity contribution in [3.8, 4) is 5.75 Å². The number of methoxy groups -OCH3 is 1. The number of nitrogens with zero attached hydrogens (tertiary/aromatic N) is 2. The Morgan fingerprint density at radius 3 is 2.50 bits per heavy atom. The third kappa shape index (κ3) is 7.65. The molecule has 2 aromatic carbocycles. The minimum atomic E-state index is -0.185. The Hall–Kier alpha value is -2.64. The molecule has 2 N–H and O–H groups in total. The zero-order valence-corrected chi connectivity index (χ0v) is 18.6. The van der Waals surface area contributed by atoms with Crippen molar-refractivity contribution in [2.45, 2.75) is 26.6 Å². The van der Waals surface area contributed by atoms with Crippen molar-refractivity contribution in [2.24, 2.45) is 4.99 Å². The van der Waals surface area contributed by atoms with Gasteiger partial charge in [-0.25, -0.2) is 4.39 Å². The van der Waals surface area contributed by atoms with Crippen LogP contribution in [0.2, 0.25) is 0 Å². The van der Waals surface area contributed by atoms with Gasteiger partial charge in [-0.2, -0.15) is 0 Å². The van der Waals surface area contributed by atoms with Gasteiger partial charge in [0.05, 0.1) is 6.61 Å². The molecule has 0 bridgehead atoms. The van der Waals surface area contributed by atoms with Crippen molar-refractivity contribution in [3.05, 3.63) is 64.5 Å². The second-order valence-electron chi connectivity index (χ2n) is 7.40. The van der Waals surface area contributed by atoms with Gasteiger partial charge in [-0.1, -0.05) is 18.2 Å². The predicted molar refractivity (Wildman–Crippen MR) is 119 cm³/mol. The molecule has 6 nitrogen and oxygen atoms in total. The Kier molecular flexibility index (Phi) is 9.57. The highest BCUT2D eigenvalue weighted by atomic mass is 19.1. The molecule has 0 saturated carbocycles. The highest BCUT2D eigenvalue weighted by Gasteiger charge is 2.08. The molecule has 0 aliphatic carbocycles. The maximum absolute atomic E-state index is 14.0. The molecule has 164 valence electrons. The van der Waals surface area contributed by atoms with E-state index in [1.807, 2.05) is 44.1 Å². The third-order valence-corrected chi connectivity index (χ3v) is 4.49. The van der Waals surface area contributed by atoms with Gasteiger partial charge in [0.15, 0.2) is 5.96 Å². The smallest absolute Gasteiger partial charge is 0.191 e. The molecule has 0 aliphatic heterocycles. The highest BCUT2D eigenvalue weighted by Crippen LogP contribution is 2.20. The maximum atomic E-state index is 14.0. The topological polar surface area (TPSA) is 58.1 Å². The number of aryl methyl sites for hydroxylation is 1. The van der Waals surface area contributed by atoms with Crippen molar-refractivity contribution in [1.82, 2.24) is 15.5 Å². The Labute approximate surface area is 179 Å². The number of benzene rings is 2. The van der Waals surface area contributed by atoms with Gasteiger partial charge < -0.3 is 25.0 Å². The minimum absolute atomic E-state index is 0.185. The lowest BCUT2D eigenvalue weighted by Gasteiger charge is -2.16. The molecule has 7 heteroatoms. The Morgan fingerprint density at radius 1 is 1.03 bits per heavy atom. The van der Waals surface area contributed by atoms with Gasteiger partial charge in [-0.15, -0.1) is 0 Å². The average Bonchev–Trinajstić information content (AvgIpc) is 2.71. The number of hydrogen-bond donors (Lipinski definition) is 2. The lowest BCUT2D eigenvalue weighted by molar-refractivity contribution is 0.145. The quantitative estimate of drug-likeness (QED) is 0.354. The summed E-state index contributed by atoms with van der Waals surface area (Å²) in [5.74, 6) is 1.31. The van der Waals surface area contributed by atoms with Crippen LogP contribution in [0.15, 0.2) is 41.4 Å². The van der Waals surface area contributed by atoms with Crippen LogP contribution in [0.3, 0.4) is 0 Å². The molecule has 2 rings (SSSR count). The molecule has 0 aliphatic rings. The van der Waals surface area contributed by atoms with Crippen LogP contribution in [0.1, 0.15) is 22.3 Å².